The molecule has 1 aromatic rings. The second kappa shape index (κ2) is 3.93. The lowest BCUT2D eigenvalue weighted by Crippen LogP contribution is -2.33. The molecular formula is C14H18O2. The first-order chi connectivity index (χ1) is 7.56. The molecule has 1 aliphatic rings. The Bertz CT molecular complexity index is 415. The molecule has 0 amide bonds. The molecule has 0 spiro atoms. The number of benzene rings is 1. The maximum atomic E-state index is 11.6. The van der Waals surface area contributed by atoms with E-state index in [2.05, 4.69) is 6.07 Å². The molecule has 1 aliphatic carbocycles. The molecule has 0 unspecified atom stereocenters. The molecule has 16 heavy (non-hydrogen) atoms. The van der Waals surface area contributed by atoms with Gasteiger partial charge in [0.15, 0.2) is 0 Å². The van der Waals surface area contributed by atoms with Crippen molar-refractivity contribution in [1.82, 2.24) is 0 Å². The van der Waals surface area contributed by atoms with E-state index >= 15 is 0 Å². The number of hydrogen-bond acceptors (Lipinski definition) is 1. The predicted molar refractivity (Wildman–Crippen MR) is 63.7 cm³/mol. The van der Waals surface area contributed by atoms with Crippen LogP contribution in [0.4, 0.5) is 0 Å². The first-order valence-electron chi connectivity index (χ1n) is 5.87. The number of aliphatic carboxylic acids is 1. The van der Waals surface area contributed by atoms with Gasteiger partial charge in [-0.1, -0.05) is 36.6 Å². The third kappa shape index (κ3) is 1.62. The molecule has 2 heteroatoms. The van der Waals surface area contributed by atoms with Crippen molar-refractivity contribution >= 4 is 5.97 Å². The van der Waals surface area contributed by atoms with Crippen LogP contribution < -0.4 is 0 Å². The van der Waals surface area contributed by atoms with Gasteiger partial charge in [-0.05, 0) is 37.8 Å². The van der Waals surface area contributed by atoms with Crippen molar-refractivity contribution in [2.24, 2.45) is 0 Å². The van der Waals surface area contributed by atoms with Crippen LogP contribution in [0.5, 0.6) is 0 Å². The fourth-order valence-corrected chi connectivity index (χ4v) is 2.83. The van der Waals surface area contributed by atoms with Gasteiger partial charge in [0.1, 0.15) is 0 Å². The van der Waals surface area contributed by atoms with Gasteiger partial charge in [0.05, 0.1) is 5.41 Å². The Labute approximate surface area is 96.3 Å². The van der Waals surface area contributed by atoms with E-state index in [0.717, 1.165) is 42.4 Å². The van der Waals surface area contributed by atoms with Crippen LogP contribution in [0.3, 0.4) is 0 Å². The van der Waals surface area contributed by atoms with E-state index in [-0.39, 0.29) is 0 Å². The highest BCUT2D eigenvalue weighted by Gasteiger charge is 2.43. The van der Waals surface area contributed by atoms with Gasteiger partial charge in [-0.25, -0.2) is 0 Å². The number of rotatable bonds is 2. The lowest BCUT2D eigenvalue weighted by atomic mass is 9.76. The summed E-state index contributed by atoms with van der Waals surface area (Å²) in [6.07, 6.45) is 3.62. The number of carbonyl (C=O) groups is 1. The highest BCUT2D eigenvalue weighted by molar-refractivity contribution is 5.82. The third-order valence-corrected chi connectivity index (χ3v) is 3.78. The SMILES string of the molecule is Cc1ccc(C)c(C2(C(=O)O)CCCC2)c1. The largest absolute Gasteiger partial charge is 0.481 e. The Morgan fingerprint density at radius 2 is 1.88 bits per heavy atom. The summed E-state index contributed by atoms with van der Waals surface area (Å²) in [6.45, 7) is 4.03. The lowest BCUT2D eigenvalue weighted by molar-refractivity contribution is -0.143. The summed E-state index contributed by atoms with van der Waals surface area (Å²) in [7, 11) is 0. The van der Waals surface area contributed by atoms with Gasteiger partial charge in [0.25, 0.3) is 0 Å². The van der Waals surface area contributed by atoms with Crippen molar-refractivity contribution in [3.05, 3.63) is 34.9 Å². The Morgan fingerprint density at radius 1 is 1.25 bits per heavy atom. The third-order valence-electron chi connectivity index (χ3n) is 3.78. The van der Waals surface area contributed by atoms with E-state index in [1.807, 2.05) is 26.0 Å². The van der Waals surface area contributed by atoms with E-state index in [4.69, 9.17) is 0 Å². The van der Waals surface area contributed by atoms with E-state index in [0.29, 0.717) is 0 Å². The lowest BCUT2D eigenvalue weighted by Gasteiger charge is -2.26. The monoisotopic (exact) mass is 218 g/mol. The summed E-state index contributed by atoms with van der Waals surface area (Å²) in [5.74, 6) is -0.654. The highest BCUT2D eigenvalue weighted by atomic mass is 16.4. The molecule has 0 aliphatic heterocycles. The van der Waals surface area contributed by atoms with E-state index in [1.54, 1.807) is 0 Å². The molecule has 0 bridgehead atoms. The van der Waals surface area contributed by atoms with Crippen LogP contribution in [-0.2, 0) is 10.2 Å². The first kappa shape index (κ1) is 11.2. The molecule has 1 fully saturated rings. The molecule has 1 saturated carbocycles. The van der Waals surface area contributed by atoms with Crippen LogP contribution in [0.25, 0.3) is 0 Å². The van der Waals surface area contributed by atoms with Gasteiger partial charge >= 0.3 is 5.97 Å². The highest BCUT2D eigenvalue weighted by Crippen LogP contribution is 2.42. The van der Waals surface area contributed by atoms with Crippen LogP contribution in [0.1, 0.15) is 42.4 Å². The van der Waals surface area contributed by atoms with Crippen LogP contribution in [0.15, 0.2) is 18.2 Å². The van der Waals surface area contributed by atoms with Crippen molar-refractivity contribution in [2.75, 3.05) is 0 Å². The van der Waals surface area contributed by atoms with E-state index in [9.17, 15) is 9.90 Å². The Balaban J connectivity index is 2.55. The van der Waals surface area contributed by atoms with Gasteiger partial charge in [-0.2, -0.15) is 0 Å². The second-order valence-corrected chi connectivity index (χ2v) is 4.91. The maximum absolute atomic E-state index is 11.6. The molecule has 0 atom stereocenters. The van der Waals surface area contributed by atoms with Gasteiger partial charge < -0.3 is 5.11 Å². The topological polar surface area (TPSA) is 37.3 Å². The van der Waals surface area contributed by atoms with Crippen molar-refractivity contribution in [3.63, 3.8) is 0 Å². The fourth-order valence-electron chi connectivity index (χ4n) is 2.83. The first-order valence-corrected chi connectivity index (χ1v) is 5.87. The van der Waals surface area contributed by atoms with Crippen LogP contribution in [-0.4, -0.2) is 11.1 Å². The van der Waals surface area contributed by atoms with Crippen molar-refractivity contribution in [1.29, 1.82) is 0 Å². The molecular weight excluding hydrogens is 200 g/mol. The number of aryl methyl sites for hydroxylation is 2. The average molecular weight is 218 g/mol. The predicted octanol–water partition coefficient (Wildman–Crippen LogP) is 3.20. The molecule has 2 nitrogen and oxygen atoms in total. The zero-order valence-electron chi connectivity index (χ0n) is 9.92. The standard InChI is InChI=1S/C14H18O2/c1-10-5-6-11(2)12(9-10)14(13(15)16)7-3-4-8-14/h5-6,9H,3-4,7-8H2,1-2H3,(H,15,16). The summed E-state index contributed by atoms with van der Waals surface area (Å²) >= 11 is 0. The van der Waals surface area contributed by atoms with Gasteiger partial charge in [0, 0.05) is 0 Å². The molecule has 86 valence electrons. The maximum Gasteiger partial charge on any atom is 0.314 e. The minimum atomic E-state index is -0.654. The molecule has 1 aromatic carbocycles. The van der Waals surface area contributed by atoms with Crippen LogP contribution >= 0.6 is 0 Å². The van der Waals surface area contributed by atoms with Crippen molar-refractivity contribution in [3.8, 4) is 0 Å². The van der Waals surface area contributed by atoms with Gasteiger partial charge in [-0.3, -0.25) is 4.79 Å². The minimum absolute atomic E-state index is 0.615. The summed E-state index contributed by atoms with van der Waals surface area (Å²) in [5.41, 5.74) is 2.66. The van der Waals surface area contributed by atoms with Crippen molar-refractivity contribution in [2.45, 2.75) is 44.9 Å². The molecule has 2 rings (SSSR count). The number of hydrogen-bond donors (Lipinski definition) is 1. The van der Waals surface area contributed by atoms with E-state index in [1.165, 1.54) is 0 Å². The molecule has 0 saturated heterocycles. The second-order valence-electron chi connectivity index (χ2n) is 4.91. The van der Waals surface area contributed by atoms with Crippen LogP contribution in [0.2, 0.25) is 0 Å². The fraction of sp³-hybridized carbons (Fsp3) is 0.500. The van der Waals surface area contributed by atoms with Gasteiger partial charge in [0.2, 0.25) is 0 Å². The molecule has 0 radical (unpaired) electrons. The molecule has 0 aromatic heterocycles. The van der Waals surface area contributed by atoms with Crippen LogP contribution in [0, 0.1) is 13.8 Å². The Morgan fingerprint density at radius 3 is 2.44 bits per heavy atom. The summed E-state index contributed by atoms with van der Waals surface area (Å²) < 4.78 is 0. The number of carboxylic acid groups (broad SMARTS) is 1. The smallest absolute Gasteiger partial charge is 0.314 e. The molecule has 0 heterocycles. The summed E-state index contributed by atoms with van der Waals surface area (Å²) in [5, 5.41) is 9.53. The minimum Gasteiger partial charge on any atom is -0.481 e. The average Bonchev–Trinajstić information content (AvgIpc) is 2.71. The zero-order chi connectivity index (χ0) is 11.8. The summed E-state index contributed by atoms with van der Waals surface area (Å²) in [4.78, 5) is 11.6. The zero-order valence-corrected chi connectivity index (χ0v) is 9.92. The molecule has 1 N–H and O–H groups in total. The quantitative estimate of drug-likeness (QED) is 0.827. The Hall–Kier alpha value is -1.31. The Kier molecular flexibility index (Phi) is 2.75. The van der Waals surface area contributed by atoms with E-state index < -0.39 is 11.4 Å². The van der Waals surface area contributed by atoms with Gasteiger partial charge in [-0.15, -0.1) is 0 Å². The summed E-state index contributed by atoms with van der Waals surface area (Å²) in [6, 6.07) is 6.13. The van der Waals surface area contributed by atoms with Crippen molar-refractivity contribution < 1.29 is 9.90 Å². The normalized spacial score (nSPS) is 18.6. The number of carboxylic acids is 1.